The Labute approximate surface area is 83.1 Å². The van der Waals surface area contributed by atoms with Gasteiger partial charge in [0, 0.05) is 4.47 Å². The van der Waals surface area contributed by atoms with Gasteiger partial charge in [-0.3, -0.25) is 0 Å². The smallest absolute Gasteiger partial charge is 0.175 e. The van der Waals surface area contributed by atoms with E-state index in [1.807, 2.05) is 19.1 Å². The third-order valence-corrected chi connectivity index (χ3v) is 2.70. The molecule has 0 bridgehead atoms. The van der Waals surface area contributed by atoms with E-state index in [-0.39, 0.29) is 0 Å². The van der Waals surface area contributed by atoms with E-state index in [0.29, 0.717) is 4.77 Å². The first-order chi connectivity index (χ1) is 5.68. The van der Waals surface area contributed by atoms with Crippen molar-refractivity contribution in [2.75, 3.05) is 0 Å². The Morgan fingerprint density at radius 2 is 1.92 bits per heavy atom. The highest BCUT2D eigenvalue weighted by Gasteiger charge is 2.02. The summed E-state index contributed by atoms with van der Waals surface area (Å²) in [5.41, 5.74) is 3.31. The highest BCUT2D eigenvalue weighted by Crippen LogP contribution is 2.23. The Hall–Kier alpha value is -0.610. The van der Waals surface area contributed by atoms with E-state index in [0.717, 1.165) is 15.5 Å². The van der Waals surface area contributed by atoms with Crippen LogP contribution in [0.4, 0.5) is 0 Å². The molecule has 1 heterocycles. The summed E-state index contributed by atoms with van der Waals surface area (Å²) in [5, 5.41) is 0. The van der Waals surface area contributed by atoms with Gasteiger partial charge in [0.15, 0.2) is 4.77 Å². The maximum absolute atomic E-state index is 5.00. The van der Waals surface area contributed by atoms with Gasteiger partial charge in [0.05, 0.1) is 11.0 Å². The summed E-state index contributed by atoms with van der Waals surface area (Å²) in [6.45, 7) is 2.05. The number of nitrogens with one attached hydrogen (secondary N) is 2. The first-order valence-corrected chi connectivity index (χ1v) is 4.76. The predicted molar refractivity (Wildman–Crippen MR) is 55.9 cm³/mol. The van der Waals surface area contributed by atoms with Gasteiger partial charge in [-0.15, -0.1) is 0 Å². The molecule has 0 aliphatic heterocycles. The molecule has 0 spiro atoms. The molecular weight excluding hydrogens is 236 g/mol. The Balaban J connectivity index is 3.03. The van der Waals surface area contributed by atoms with Crippen LogP contribution in [-0.2, 0) is 0 Å². The lowest BCUT2D eigenvalue weighted by Crippen LogP contribution is -1.76. The van der Waals surface area contributed by atoms with Gasteiger partial charge in [0.1, 0.15) is 0 Å². The monoisotopic (exact) mass is 242 g/mol. The third-order valence-electron chi connectivity index (χ3n) is 1.84. The maximum Gasteiger partial charge on any atom is 0.175 e. The van der Waals surface area contributed by atoms with E-state index in [1.165, 1.54) is 5.56 Å². The molecule has 0 saturated carbocycles. The normalized spacial score (nSPS) is 10.8. The number of hydrogen-bond donors (Lipinski definition) is 2. The first-order valence-electron chi connectivity index (χ1n) is 3.55. The van der Waals surface area contributed by atoms with E-state index in [9.17, 15) is 0 Å². The molecule has 1 aromatic heterocycles. The zero-order valence-corrected chi connectivity index (χ0v) is 8.84. The minimum absolute atomic E-state index is 0.667. The molecule has 0 aliphatic carbocycles. The second-order valence-electron chi connectivity index (χ2n) is 2.69. The third kappa shape index (κ3) is 1.11. The molecule has 0 amide bonds. The molecule has 2 aromatic rings. The van der Waals surface area contributed by atoms with Crippen molar-refractivity contribution in [1.82, 2.24) is 9.97 Å². The van der Waals surface area contributed by atoms with Gasteiger partial charge in [0.2, 0.25) is 0 Å². The van der Waals surface area contributed by atoms with Crippen LogP contribution in [0.25, 0.3) is 11.0 Å². The van der Waals surface area contributed by atoms with E-state index < -0.39 is 0 Å². The summed E-state index contributed by atoms with van der Waals surface area (Å²) in [7, 11) is 0. The number of aromatic amines is 2. The lowest BCUT2D eigenvalue weighted by atomic mass is 10.2. The number of aromatic nitrogens is 2. The predicted octanol–water partition coefficient (Wildman–Crippen LogP) is 3.30. The van der Waals surface area contributed by atoms with Gasteiger partial charge in [-0.2, -0.15) is 0 Å². The minimum Gasteiger partial charge on any atom is -0.330 e. The molecule has 0 fully saturated rings. The number of benzene rings is 1. The van der Waals surface area contributed by atoms with Crippen molar-refractivity contribution in [2.24, 2.45) is 0 Å². The number of halogens is 1. The van der Waals surface area contributed by atoms with Crippen molar-refractivity contribution in [3.63, 3.8) is 0 Å². The van der Waals surface area contributed by atoms with Gasteiger partial charge in [-0.1, -0.05) is 6.07 Å². The minimum atomic E-state index is 0.667. The maximum atomic E-state index is 5.00. The molecule has 0 radical (unpaired) electrons. The summed E-state index contributed by atoms with van der Waals surface area (Å²) >= 11 is 8.45. The van der Waals surface area contributed by atoms with Crippen molar-refractivity contribution in [3.05, 3.63) is 26.9 Å². The van der Waals surface area contributed by atoms with E-state index in [2.05, 4.69) is 25.9 Å². The van der Waals surface area contributed by atoms with Gasteiger partial charge in [-0.25, -0.2) is 0 Å². The number of fused-ring (bicyclic) bond motifs is 1. The molecule has 2 rings (SSSR count). The lowest BCUT2D eigenvalue weighted by molar-refractivity contribution is 1.29. The second kappa shape index (κ2) is 2.71. The Kier molecular flexibility index (Phi) is 1.81. The first kappa shape index (κ1) is 8.01. The zero-order chi connectivity index (χ0) is 8.72. The van der Waals surface area contributed by atoms with E-state index in [4.69, 9.17) is 12.2 Å². The van der Waals surface area contributed by atoms with Crippen LogP contribution in [0, 0.1) is 11.7 Å². The van der Waals surface area contributed by atoms with Crippen LogP contribution in [0.15, 0.2) is 16.6 Å². The highest BCUT2D eigenvalue weighted by atomic mass is 79.9. The Morgan fingerprint density at radius 1 is 1.25 bits per heavy atom. The van der Waals surface area contributed by atoms with Gasteiger partial charge in [0.25, 0.3) is 0 Å². The topological polar surface area (TPSA) is 31.6 Å². The average Bonchev–Trinajstić information content (AvgIpc) is 2.41. The summed E-state index contributed by atoms with van der Waals surface area (Å²) in [6.07, 6.45) is 0. The average molecular weight is 243 g/mol. The number of rotatable bonds is 0. The number of H-pyrrole nitrogens is 2. The number of imidazole rings is 1. The Bertz CT molecular complexity index is 441. The van der Waals surface area contributed by atoms with Crippen LogP contribution < -0.4 is 0 Å². The molecule has 4 heteroatoms. The number of hydrogen-bond acceptors (Lipinski definition) is 1. The van der Waals surface area contributed by atoms with Gasteiger partial charge < -0.3 is 9.97 Å². The van der Waals surface area contributed by atoms with Crippen LogP contribution in [0.5, 0.6) is 0 Å². The lowest BCUT2D eigenvalue weighted by Gasteiger charge is -1.96. The van der Waals surface area contributed by atoms with Crippen LogP contribution in [0.1, 0.15) is 5.56 Å². The Morgan fingerprint density at radius 3 is 2.58 bits per heavy atom. The van der Waals surface area contributed by atoms with E-state index >= 15 is 0 Å². The standard InChI is InChI=1S/C8H7BrN2S/c1-4-2-3-5(9)7-6(4)10-8(12)11-7/h2-3H,1H3,(H2,10,11,12). The molecule has 0 saturated heterocycles. The van der Waals surface area contributed by atoms with Crippen LogP contribution in [-0.4, -0.2) is 9.97 Å². The molecule has 1 aromatic carbocycles. The molecule has 12 heavy (non-hydrogen) atoms. The molecule has 2 nitrogen and oxygen atoms in total. The van der Waals surface area contributed by atoms with Gasteiger partial charge >= 0.3 is 0 Å². The van der Waals surface area contributed by atoms with Crippen LogP contribution in [0.2, 0.25) is 0 Å². The highest BCUT2D eigenvalue weighted by molar-refractivity contribution is 9.10. The van der Waals surface area contributed by atoms with Crippen molar-refractivity contribution in [2.45, 2.75) is 6.92 Å². The quantitative estimate of drug-likeness (QED) is 0.683. The fourth-order valence-electron chi connectivity index (χ4n) is 1.22. The second-order valence-corrected chi connectivity index (χ2v) is 3.96. The summed E-state index contributed by atoms with van der Waals surface area (Å²) in [4.78, 5) is 6.18. The summed E-state index contributed by atoms with van der Waals surface area (Å²) in [5.74, 6) is 0. The fourth-order valence-corrected chi connectivity index (χ4v) is 1.86. The zero-order valence-electron chi connectivity index (χ0n) is 6.44. The van der Waals surface area contributed by atoms with Crippen LogP contribution in [0.3, 0.4) is 0 Å². The molecule has 62 valence electrons. The van der Waals surface area contributed by atoms with Crippen LogP contribution >= 0.6 is 28.1 Å². The molecular formula is C8H7BrN2S. The largest absolute Gasteiger partial charge is 0.330 e. The number of aryl methyl sites for hydroxylation is 1. The molecule has 2 N–H and O–H groups in total. The SMILES string of the molecule is Cc1ccc(Br)c2[nH]c(=S)[nH]c12. The summed E-state index contributed by atoms with van der Waals surface area (Å²) < 4.78 is 1.70. The molecule has 0 atom stereocenters. The van der Waals surface area contributed by atoms with Crippen molar-refractivity contribution >= 4 is 39.2 Å². The van der Waals surface area contributed by atoms with Crippen molar-refractivity contribution in [3.8, 4) is 0 Å². The van der Waals surface area contributed by atoms with E-state index in [1.54, 1.807) is 0 Å². The van der Waals surface area contributed by atoms with Crippen molar-refractivity contribution < 1.29 is 0 Å². The summed E-state index contributed by atoms with van der Waals surface area (Å²) in [6, 6.07) is 4.06. The molecule has 0 aliphatic rings. The van der Waals surface area contributed by atoms with Gasteiger partial charge in [-0.05, 0) is 46.7 Å². The van der Waals surface area contributed by atoms with Crippen molar-refractivity contribution in [1.29, 1.82) is 0 Å². The fraction of sp³-hybridized carbons (Fsp3) is 0.125. The molecule has 0 unspecified atom stereocenters.